The van der Waals surface area contributed by atoms with Crippen molar-refractivity contribution >= 4 is 32.9 Å². The van der Waals surface area contributed by atoms with Crippen molar-refractivity contribution in [2.24, 2.45) is 0 Å². The van der Waals surface area contributed by atoms with Gasteiger partial charge in [0, 0.05) is 4.47 Å². The van der Waals surface area contributed by atoms with Crippen LogP contribution in [0.4, 0.5) is 0 Å². The fourth-order valence-electron chi connectivity index (χ4n) is 2.81. The van der Waals surface area contributed by atoms with E-state index in [4.69, 9.17) is 4.74 Å². The highest BCUT2D eigenvalue weighted by molar-refractivity contribution is 9.10. The third-order valence-corrected chi connectivity index (χ3v) is 4.53. The molecule has 106 valence electrons. The summed E-state index contributed by atoms with van der Waals surface area (Å²) in [6.45, 7) is 4.27. The van der Waals surface area contributed by atoms with Gasteiger partial charge in [-0.25, -0.2) is 4.98 Å². The number of carbonyl (C=O) groups excluding carboxylic acids is 1. The summed E-state index contributed by atoms with van der Waals surface area (Å²) >= 11 is 3.49. The van der Waals surface area contributed by atoms with Gasteiger partial charge in [0.05, 0.1) is 17.6 Å². The Labute approximate surface area is 126 Å². The van der Waals surface area contributed by atoms with E-state index in [0.29, 0.717) is 6.61 Å². The zero-order valence-electron chi connectivity index (χ0n) is 11.6. The Morgan fingerprint density at radius 1 is 1.50 bits per heavy atom. The molecule has 2 aromatic rings. The number of benzene rings is 1. The number of esters is 1. The molecule has 1 aromatic carbocycles. The number of rotatable bonds is 3. The predicted octanol–water partition coefficient (Wildman–Crippen LogP) is 3.62. The molecule has 20 heavy (non-hydrogen) atoms. The average molecular weight is 337 g/mol. The average Bonchev–Trinajstić information content (AvgIpc) is 2.72. The molecule has 3 rings (SSSR count). The molecule has 1 aliphatic carbocycles. The highest BCUT2D eigenvalue weighted by Crippen LogP contribution is 2.44. The summed E-state index contributed by atoms with van der Waals surface area (Å²) in [5.74, 6) is 0.598. The van der Waals surface area contributed by atoms with Gasteiger partial charge in [0.2, 0.25) is 0 Å². The zero-order chi connectivity index (χ0) is 14.3. The summed E-state index contributed by atoms with van der Waals surface area (Å²) in [4.78, 5) is 20.3. The zero-order valence-corrected chi connectivity index (χ0v) is 13.2. The first-order valence-electron chi connectivity index (χ1n) is 6.90. The molecule has 1 heterocycles. The minimum atomic E-state index is -0.562. The third-order valence-electron chi connectivity index (χ3n) is 4.07. The molecule has 5 heteroatoms. The standard InChI is InChI=1S/C15H17BrN2O2/c1-3-20-14(19)15(5-4-6-15)13-17-11-8-10(16)7-9(2)12(11)18-13/h7-8H,3-6H2,1-2H3,(H,17,18). The fraction of sp³-hybridized carbons (Fsp3) is 0.467. The molecule has 1 saturated carbocycles. The molecule has 0 saturated heterocycles. The van der Waals surface area contributed by atoms with Crippen molar-refractivity contribution in [2.75, 3.05) is 6.61 Å². The highest BCUT2D eigenvalue weighted by Gasteiger charge is 2.49. The number of H-pyrrole nitrogens is 1. The first-order valence-corrected chi connectivity index (χ1v) is 7.70. The summed E-state index contributed by atoms with van der Waals surface area (Å²) in [5, 5.41) is 0. The lowest BCUT2D eigenvalue weighted by Crippen LogP contribution is -2.44. The van der Waals surface area contributed by atoms with Crippen molar-refractivity contribution in [2.45, 2.75) is 38.5 Å². The maximum Gasteiger partial charge on any atom is 0.319 e. The smallest absolute Gasteiger partial charge is 0.319 e. The molecular weight excluding hydrogens is 320 g/mol. The van der Waals surface area contributed by atoms with Crippen LogP contribution in [-0.4, -0.2) is 22.5 Å². The van der Waals surface area contributed by atoms with Gasteiger partial charge in [-0.1, -0.05) is 22.4 Å². The Morgan fingerprint density at radius 3 is 2.85 bits per heavy atom. The molecule has 1 fully saturated rings. The van der Waals surface area contributed by atoms with Crippen LogP contribution < -0.4 is 0 Å². The van der Waals surface area contributed by atoms with Crippen molar-refractivity contribution in [1.82, 2.24) is 9.97 Å². The first kappa shape index (κ1) is 13.6. The molecule has 0 spiro atoms. The molecular formula is C15H17BrN2O2. The molecule has 1 N–H and O–H groups in total. The van der Waals surface area contributed by atoms with Gasteiger partial charge >= 0.3 is 5.97 Å². The van der Waals surface area contributed by atoms with Gasteiger partial charge in [-0.15, -0.1) is 0 Å². The Kier molecular flexibility index (Phi) is 3.32. The number of ether oxygens (including phenoxy) is 1. The van der Waals surface area contributed by atoms with Crippen LogP contribution in [0, 0.1) is 6.92 Å². The minimum Gasteiger partial charge on any atom is -0.465 e. The number of hydrogen-bond donors (Lipinski definition) is 1. The third kappa shape index (κ3) is 1.95. The van der Waals surface area contributed by atoms with E-state index in [1.807, 2.05) is 26.0 Å². The van der Waals surface area contributed by atoms with Gasteiger partial charge in [-0.05, 0) is 44.4 Å². The van der Waals surface area contributed by atoms with Crippen molar-refractivity contribution in [3.05, 3.63) is 28.0 Å². The van der Waals surface area contributed by atoms with Crippen molar-refractivity contribution < 1.29 is 9.53 Å². The monoisotopic (exact) mass is 336 g/mol. The van der Waals surface area contributed by atoms with Gasteiger partial charge in [-0.3, -0.25) is 4.79 Å². The number of nitrogens with zero attached hydrogens (tertiary/aromatic N) is 1. The van der Waals surface area contributed by atoms with E-state index >= 15 is 0 Å². The number of halogens is 1. The number of aromatic nitrogens is 2. The van der Waals surface area contributed by atoms with E-state index in [1.165, 1.54) is 0 Å². The first-order chi connectivity index (χ1) is 9.56. The molecule has 0 bridgehead atoms. The lowest BCUT2D eigenvalue weighted by atomic mass is 9.68. The summed E-state index contributed by atoms with van der Waals surface area (Å²) in [7, 11) is 0. The van der Waals surface area contributed by atoms with E-state index in [2.05, 4.69) is 25.9 Å². The lowest BCUT2D eigenvalue weighted by Gasteiger charge is -2.37. The SMILES string of the molecule is CCOC(=O)C1(c2nc3c(C)cc(Br)cc3[nH]2)CCC1. The second-order valence-electron chi connectivity index (χ2n) is 5.36. The minimum absolute atomic E-state index is 0.151. The summed E-state index contributed by atoms with van der Waals surface area (Å²) in [6, 6.07) is 4.03. The van der Waals surface area contributed by atoms with Gasteiger partial charge in [0.1, 0.15) is 11.2 Å². The van der Waals surface area contributed by atoms with E-state index in [9.17, 15) is 4.79 Å². The van der Waals surface area contributed by atoms with Crippen LogP contribution in [-0.2, 0) is 14.9 Å². The normalized spacial score (nSPS) is 16.9. The van der Waals surface area contributed by atoms with E-state index in [-0.39, 0.29) is 5.97 Å². The van der Waals surface area contributed by atoms with Crippen LogP contribution in [0.15, 0.2) is 16.6 Å². The van der Waals surface area contributed by atoms with Crippen LogP contribution in [0.25, 0.3) is 11.0 Å². The van der Waals surface area contributed by atoms with Crippen LogP contribution in [0.5, 0.6) is 0 Å². The number of fused-ring (bicyclic) bond motifs is 1. The summed E-state index contributed by atoms with van der Waals surface area (Å²) < 4.78 is 6.26. The number of carbonyl (C=O) groups is 1. The van der Waals surface area contributed by atoms with Crippen LogP contribution in [0.2, 0.25) is 0 Å². The summed E-state index contributed by atoms with van der Waals surface area (Å²) in [6.07, 6.45) is 2.66. The molecule has 0 atom stereocenters. The molecule has 0 radical (unpaired) electrons. The molecule has 4 nitrogen and oxygen atoms in total. The molecule has 0 aliphatic heterocycles. The predicted molar refractivity (Wildman–Crippen MR) is 80.7 cm³/mol. The summed E-state index contributed by atoms with van der Waals surface area (Å²) in [5.41, 5.74) is 2.42. The van der Waals surface area contributed by atoms with E-state index < -0.39 is 5.41 Å². The largest absolute Gasteiger partial charge is 0.465 e. The molecule has 1 aromatic heterocycles. The van der Waals surface area contributed by atoms with E-state index in [0.717, 1.165) is 46.2 Å². The maximum absolute atomic E-state index is 12.3. The Morgan fingerprint density at radius 2 is 2.25 bits per heavy atom. The number of hydrogen-bond acceptors (Lipinski definition) is 3. The quantitative estimate of drug-likeness (QED) is 0.871. The molecule has 0 unspecified atom stereocenters. The second-order valence-corrected chi connectivity index (χ2v) is 6.28. The fourth-order valence-corrected chi connectivity index (χ4v) is 3.38. The molecule has 1 aliphatic rings. The Balaban J connectivity index is 2.09. The Hall–Kier alpha value is -1.36. The van der Waals surface area contributed by atoms with Gasteiger partial charge in [-0.2, -0.15) is 0 Å². The lowest BCUT2D eigenvalue weighted by molar-refractivity contribution is -0.154. The van der Waals surface area contributed by atoms with Crippen LogP contribution in [0.3, 0.4) is 0 Å². The van der Waals surface area contributed by atoms with Gasteiger partial charge < -0.3 is 9.72 Å². The number of aromatic amines is 1. The highest BCUT2D eigenvalue weighted by atomic mass is 79.9. The van der Waals surface area contributed by atoms with Crippen LogP contribution >= 0.6 is 15.9 Å². The topological polar surface area (TPSA) is 55.0 Å². The van der Waals surface area contributed by atoms with Gasteiger partial charge in [0.15, 0.2) is 0 Å². The molecule has 0 amide bonds. The Bertz CT molecular complexity index is 674. The number of aryl methyl sites for hydroxylation is 1. The number of imidazole rings is 1. The van der Waals surface area contributed by atoms with Crippen molar-refractivity contribution in [3.8, 4) is 0 Å². The van der Waals surface area contributed by atoms with Crippen molar-refractivity contribution in [3.63, 3.8) is 0 Å². The maximum atomic E-state index is 12.3. The van der Waals surface area contributed by atoms with Crippen molar-refractivity contribution in [1.29, 1.82) is 0 Å². The number of nitrogens with one attached hydrogen (secondary N) is 1. The second kappa shape index (κ2) is 4.88. The van der Waals surface area contributed by atoms with E-state index in [1.54, 1.807) is 0 Å². The van der Waals surface area contributed by atoms with Crippen LogP contribution in [0.1, 0.15) is 37.6 Å². The van der Waals surface area contributed by atoms with Gasteiger partial charge in [0.25, 0.3) is 0 Å².